The number of thiazole rings is 1. The topological polar surface area (TPSA) is 79.4 Å². The molecular formula is C21H21N3O3S2. The number of nitrogens with zero attached hydrogens (tertiary/aromatic N) is 2. The third-order valence-electron chi connectivity index (χ3n) is 4.87. The van der Waals surface area contributed by atoms with E-state index in [-0.39, 0.29) is 5.91 Å². The molecule has 4 rings (SSSR count). The average molecular weight is 428 g/mol. The number of carbonyl (C=O) groups excluding carboxylic acids is 1. The minimum atomic E-state index is -3.42. The highest BCUT2D eigenvalue weighted by molar-refractivity contribution is 7.88. The van der Waals surface area contributed by atoms with Crippen molar-refractivity contribution in [2.75, 3.05) is 18.1 Å². The Kier molecular flexibility index (Phi) is 5.49. The maximum atomic E-state index is 12.8. The van der Waals surface area contributed by atoms with Crippen LogP contribution >= 0.6 is 11.3 Å². The fourth-order valence-corrected chi connectivity index (χ4v) is 5.66. The van der Waals surface area contributed by atoms with Gasteiger partial charge in [-0.05, 0) is 18.4 Å². The number of aromatic nitrogens is 1. The van der Waals surface area contributed by atoms with Crippen LogP contribution in [0.25, 0.3) is 21.7 Å². The van der Waals surface area contributed by atoms with Crippen molar-refractivity contribution < 1.29 is 13.2 Å². The van der Waals surface area contributed by atoms with Crippen LogP contribution in [0.3, 0.4) is 0 Å². The molecule has 1 fully saturated rings. The Morgan fingerprint density at radius 3 is 2.31 bits per heavy atom. The van der Waals surface area contributed by atoms with Crippen LogP contribution in [0.15, 0.2) is 60.7 Å². The van der Waals surface area contributed by atoms with Crippen LogP contribution in [0.5, 0.6) is 0 Å². The third kappa shape index (κ3) is 4.24. The van der Waals surface area contributed by atoms with E-state index in [0.717, 1.165) is 28.0 Å². The van der Waals surface area contributed by atoms with Gasteiger partial charge in [-0.1, -0.05) is 72.0 Å². The molecule has 150 valence electrons. The second-order valence-corrected chi connectivity index (χ2v) is 9.88. The van der Waals surface area contributed by atoms with Crippen molar-refractivity contribution in [1.29, 1.82) is 0 Å². The summed E-state index contributed by atoms with van der Waals surface area (Å²) in [6.07, 6.45) is 2.33. The summed E-state index contributed by atoms with van der Waals surface area (Å²) >= 11 is 1.39. The summed E-state index contributed by atoms with van der Waals surface area (Å²) in [4.78, 5) is 18.4. The van der Waals surface area contributed by atoms with Crippen LogP contribution < -0.4 is 5.32 Å². The number of nitrogens with one attached hydrogen (secondary N) is 1. The Balaban J connectivity index is 1.67. The molecule has 0 saturated carbocycles. The highest BCUT2D eigenvalue weighted by Gasteiger charge is 2.36. The smallest absolute Gasteiger partial charge is 0.244 e. The number of rotatable bonds is 5. The van der Waals surface area contributed by atoms with Gasteiger partial charge in [0.05, 0.1) is 16.8 Å². The molecule has 1 unspecified atom stereocenters. The van der Waals surface area contributed by atoms with Gasteiger partial charge < -0.3 is 5.32 Å². The molecule has 0 spiro atoms. The fraction of sp³-hybridized carbons (Fsp3) is 0.238. The number of carbonyl (C=O) groups is 1. The zero-order valence-corrected chi connectivity index (χ0v) is 17.5. The van der Waals surface area contributed by atoms with Crippen LogP contribution in [0.1, 0.15) is 12.8 Å². The monoisotopic (exact) mass is 427 g/mol. The van der Waals surface area contributed by atoms with Gasteiger partial charge in [0.1, 0.15) is 6.04 Å². The molecule has 1 aliphatic heterocycles. The van der Waals surface area contributed by atoms with Crippen LogP contribution in [0, 0.1) is 0 Å². The number of sulfonamides is 1. The zero-order valence-electron chi connectivity index (χ0n) is 15.9. The van der Waals surface area contributed by atoms with Gasteiger partial charge in [0.25, 0.3) is 0 Å². The SMILES string of the molecule is CS(=O)(=O)N1CCCC1C(=O)Nc1nc(-c2ccccc2)c(-c2ccccc2)s1. The van der Waals surface area contributed by atoms with E-state index >= 15 is 0 Å². The summed E-state index contributed by atoms with van der Waals surface area (Å²) < 4.78 is 25.2. The summed E-state index contributed by atoms with van der Waals surface area (Å²) in [6.45, 7) is 0.374. The van der Waals surface area contributed by atoms with Crippen LogP contribution in [-0.4, -0.2) is 42.5 Å². The van der Waals surface area contributed by atoms with E-state index in [9.17, 15) is 13.2 Å². The minimum Gasteiger partial charge on any atom is -0.301 e. The molecule has 29 heavy (non-hydrogen) atoms. The first kappa shape index (κ1) is 19.8. The molecule has 1 amide bonds. The van der Waals surface area contributed by atoms with E-state index in [1.165, 1.54) is 15.6 Å². The van der Waals surface area contributed by atoms with Crippen molar-refractivity contribution in [3.8, 4) is 21.7 Å². The quantitative estimate of drug-likeness (QED) is 0.671. The molecule has 6 nitrogen and oxygen atoms in total. The molecule has 2 heterocycles. The second kappa shape index (κ2) is 8.06. The number of amides is 1. The number of hydrogen-bond donors (Lipinski definition) is 1. The standard InChI is InChI=1S/C21H21N3O3S2/c1-29(26,27)24-14-8-13-17(24)20(25)23-21-22-18(15-9-4-2-5-10-15)19(28-21)16-11-6-3-7-12-16/h2-7,9-12,17H,8,13-14H2,1H3,(H,22,23,25). The lowest BCUT2D eigenvalue weighted by Gasteiger charge is -2.20. The van der Waals surface area contributed by atoms with E-state index in [0.29, 0.717) is 24.5 Å². The van der Waals surface area contributed by atoms with Crippen molar-refractivity contribution in [1.82, 2.24) is 9.29 Å². The molecule has 0 radical (unpaired) electrons. The maximum Gasteiger partial charge on any atom is 0.244 e. The molecule has 1 aliphatic rings. The molecule has 1 N–H and O–H groups in total. The molecular weight excluding hydrogens is 406 g/mol. The zero-order chi connectivity index (χ0) is 20.4. The maximum absolute atomic E-state index is 12.8. The Labute approximate surface area is 174 Å². The highest BCUT2D eigenvalue weighted by atomic mass is 32.2. The van der Waals surface area contributed by atoms with Gasteiger partial charge in [0.15, 0.2) is 5.13 Å². The van der Waals surface area contributed by atoms with E-state index in [4.69, 9.17) is 0 Å². The van der Waals surface area contributed by atoms with Gasteiger partial charge in [-0.3, -0.25) is 4.79 Å². The van der Waals surface area contributed by atoms with Crippen molar-refractivity contribution in [2.45, 2.75) is 18.9 Å². The van der Waals surface area contributed by atoms with E-state index in [1.807, 2.05) is 60.7 Å². The van der Waals surface area contributed by atoms with Gasteiger partial charge in [0, 0.05) is 12.1 Å². The van der Waals surface area contributed by atoms with Crippen molar-refractivity contribution in [2.24, 2.45) is 0 Å². The van der Waals surface area contributed by atoms with Crippen LogP contribution in [0.2, 0.25) is 0 Å². The molecule has 0 aliphatic carbocycles. The van der Waals surface area contributed by atoms with Gasteiger partial charge >= 0.3 is 0 Å². The van der Waals surface area contributed by atoms with Gasteiger partial charge in [0.2, 0.25) is 15.9 Å². The highest BCUT2D eigenvalue weighted by Crippen LogP contribution is 2.39. The Bertz CT molecular complexity index is 1060. The lowest BCUT2D eigenvalue weighted by molar-refractivity contribution is -0.119. The Morgan fingerprint density at radius 1 is 1.07 bits per heavy atom. The molecule has 1 aromatic heterocycles. The fourth-order valence-electron chi connectivity index (χ4n) is 3.54. The second-order valence-electron chi connectivity index (χ2n) is 6.95. The first-order valence-electron chi connectivity index (χ1n) is 9.33. The molecule has 2 aromatic carbocycles. The Morgan fingerprint density at radius 2 is 1.69 bits per heavy atom. The minimum absolute atomic E-state index is 0.333. The summed E-state index contributed by atoms with van der Waals surface area (Å²) in [5.74, 6) is -0.333. The molecule has 1 saturated heterocycles. The summed E-state index contributed by atoms with van der Waals surface area (Å²) in [6, 6.07) is 19.0. The van der Waals surface area contributed by atoms with Crippen LogP contribution in [-0.2, 0) is 14.8 Å². The first-order chi connectivity index (χ1) is 13.9. The third-order valence-corrected chi connectivity index (χ3v) is 7.18. The molecule has 8 heteroatoms. The molecule has 1 atom stereocenters. The average Bonchev–Trinajstić information content (AvgIpc) is 3.37. The summed E-state index contributed by atoms with van der Waals surface area (Å²) in [7, 11) is -3.42. The van der Waals surface area contributed by atoms with Gasteiger partial charge in [-0.15, -0.1) is 0 Å². The normalized spacial score (nSPS) is 17.3. The van der Waals surface area contributed by atoms with Gasteiger partial charge in [-0.25, -0.2) is 13.4 Å². The predicted molar refractivity (Wildman–Crippen MR) is 116 cm³/mol. The predicted octanol–water partition coefficient (Wildman–Crippen LogP) is 3.84. The number of benzene rings is 2. The van der Waals surface area contributed by atoms with Crippen molar-refractivity contribution >= 4 is 32.4 Å². The van der Waals surface area contributed by atoms with E-state index in [1.54, 1.807) is 0 Å². The van der Waals surface area contributed by atoms with E-state index < -0.39 is 16.1 Å². The van der Waals surface area contributed by atoms with Crippen LogP contribution in [0.4, 0.5) is 5.13 Å². The molecule has 0 bridgehead atoms. The number of hydrogen-bond acceptors (Lipinski definition) is 5. The van der Waals surface area contributed by atoms with Crippen molar-refractivity contribution in [3.05, 3.63) is 60.7 Å². The Hall–Kier alpha value is -2.55. The lowest BCUT2D eigenvalue weighted by atomic mass is 10.1. The largest absolute Gasteiger partial charge is 0.301 e. The number of anilines is 1. The lowest BCUT2D eigenvalue weighted by Crippen LogP contribution is -2.42. The summed E-state index contributed by atoms with van der Waals surface area (Å²) in [5, 5.41) is 3.31. The van der Waals surface area contributed by atoms with E-state index in [2.05, 4.69) is 10.3 Å². The summed E-state index contributed by atoms with van der Waals surface area (Å²) in [5.41, 5.74) is 2.77. The van der Waals surface area contributed by atoms with Crippen molar-refractivity contribution in [3.63, 3.8) is 0 Å². The first-order valence-corrected chi connectivity index (χ1v) is 12.0. The van der Waals surface area contributed by atoms with Gasteiger partial charge in [-0.2, -0.15) is 4.31 Å². The molecule has 3 aromatic rings.